The van der Waals surface area contributed by atoms with Gasteiger partial charge < -0.3 is 0 Å². The molecule has 0 spiro atoms. The van der Waals surface area contributed by atoms with E-state index in [1.54, 1.807) is 13.7 Å². The van der Waals surface area contributed by atoms with E-state index >= 15 is 0 Å². The van der Waals surface area contributed by atoms with Crippen molar-refractivity contribution < 1.29 is 0 Å². The van der Waals surface area contributed by atoms with Crippen LogP contribution < -0.4 is 0 Å². The van der Waals surface area contributed by atoms with Gasteiger partial charge in [-0.2, -0.15) is 15.8 Å². The molecule has 3 heterocycles. The summed E-state index contributed by atoms with van der Waals surface area (Å²) >= 11 is 0. The first-order chi connectivity index (χ1) is 28.1. The molecule has 0 N–H and O–H groups in total. The van der Waals surface area contributed by atoms with Gasteiger partial charge in [-0.1, -0.05) is 127 Å². The van der Waals surface area contributed by atoms with Crippen molar-refractivity contribution in [2.24, 2.45) is 0 Å². The van der Waals surface area contributed by atoms with Crippen molar-refractivity contribution in [1.29, 1.82) is 15.8 Å². The maximum Gasteiger partial charge on any atom is 0.218 e. The Kier molecular flexibility index (Phi) is 7.75. The molecule has 0 saturated heterocycles. The molecule has 9 heteroatoms. The molecule has 7 aromatic carbocycles. The third-order valence-corrected chi connectivity index (χ3v) is 10.2. The van der Waals surface area contributed by atoms with E-state index in [1.165, 1.54) is 0 Å². The summed E-state index contributed by atoms with van der Waals surface area (Å²) in [7, 11) is 0. The van der Waals surface area contributed by atoms with Crippen LogP contribution in [0.25, 0.3) is 83.5 Å². The second-order valence-electron chi connectivity index (χ2n) is 13.5. The Balaban J connectivity index is 1.36. The number of nitrogens with zero attached hydrogens (tertiary/aromatic N) is 9. The minimum Gasteiger partial charge on any atom is -0.282 e. The van der Waals surface area contributed by atoms with E-state index in [0.29, 0.717) is 50.2 Å². The van der Waals surface area contributed by atoms with Gasteiger partial charge in [0.2, 0.25) is 17.5 Å². The second-order valence-corrected chi connectivity index (χ2v) is 13.5. The monoisotopic (exact) mass is 729 g/mol. The van der Waals surface area contributed by atoms with Gasteiger partial charge in [-0.05, 0) is 69.8 Å². The van der Waals surface area contributed by atoms with Crippen molar-refractivity contribution in [1.82, 2.24) is 28.7 Å². The summed E-state index contributed by atoms with van der Waals surface area (Å²) in [6.07, 6.45) is 0. The fourth-order valence-electron chi connectivity index (χ4n) is 7.76. The number of rotatable bonds is 6. The molecule has 264 valence electrons. The zero-order chi connectivity index (χ0) is 38.5. The Morgan fingerprint density at radius 2 is 0.579 bits per heavy atom. The quantitative estimate of drug-likeness (QED) is 0.168. The molecule has 0 amide bonds. The molecule has 0 aliphatic carbocycles. The molecule has 0 fully saturated rings. The molecule has 3 aromatic heterocycles. The Hall–Kier alpha value is -8.58. The lowest BCUT2D eigenvalue weighted by molar-refractivity contribution is 1.05. The van der Waals surface area contributed by atoms with Crippen LogP contribution in [0.1, 0.15) is 17.5 Å². The predicted octanol–water partition coefficient (Wildman–Crippen LogP) is 10.3. The highest BCUT2D eigenvalue weighted by Crippen LogP contribution is 2.40. The van der Waals surface area contributed by atoms with Crippen molar-refractivity contribution >= 4 is 33.1 Å². The number of imidazole rings is 3. The minimum absolute atomic E-state index is 0.118. The van der Waals surface area contributed by atoms with Gasteiger partial charge in [-0.3, -0.25) is 13.7 Å². The van der Waals surface area contributed by atoms with E-state index in [4.69, 9.17) is 15.0 Å². The van der Waals surface area contributed by atoms with Crippen molar-refractivity contribution in [3.63, 3.8) is 0 Å². The molecule has 0 unspecified atom stereocenters. The number of hydrogen-bond donors (Lipinski definition) is 0. The van der Waals surface area contributed by atoms with Crippen LogP contribution in [0.5, 0.6) is 0 Å². The predicted molar refractivity (Wildman–Crippen MR) is 221 cm³/mol. The van der Waals surface area contributed by atoms with E-state index in [9.17, 15) is 15.8 Å². The minimum atomic E-state index is 0.118. The highest BCUT2D eigenvalue weighted by atomic mass is 15.2. The smallest absolute Gasteiger partial charge is 0.218 e. The fraction of sp³-hybridized carbons (Fsp3) is 0. The summed E-state index contributed by atoms with van der Waals surface area (Å²) in [6, 6.07) is 60.8. The first-order valence-electron chi connectivity index (χ1n) is 18.2. The first-order valence-corrected chi connectivity index (χ1v) is 18.2. The van der Waals surface area contributed by atoms with Gasteiger partial charge >= 0.3 is 0 Å². The van der Waals surface area contributed by atoms with Gasteiger partial charge in [0.05, 0.1) is 0 Å². The van der Waals surface area contributed by atoms with Crippen LogP contribution in [0, 0.1) is 34.0 Å². The normalized spacial score (nSPS) is 11.1. The maximum absolute atomic E-state index is 10.7. The SMILES string of the molecule is N#Cc1nc2c(c3nc(C#N)n(-c4cccc(-c5ccccc5)c4)c3c3nc(C#N)n(-c4cccc(-c5ccccc5)c4)c23)n1-c1cccc(-c2ccccc2)c1. The van der Waals surface area contributed by atoms with Crippen molar-refractivity contribution in [2.75, 3.05) is 0 Å². The van der Waals surface area contributed by atoms with Crippen molar-refractivity contribution in [3.8, 4) is 68.7 Å². The van der Waals surface area contributed by atoms with Gasteiger partial charge in [0.25, 0.3) is 0 Å². The van der Waals surface area contributed by atoms with Gasteiger partial charge in [-0.15, -0.1) is 0 Å². The zero-order valence-electron chi connectivity index (χ0n) is 30.1. The summed E-state index contributed by atoms with van der Waals surface area (Å²) < 4.78 is 5.39. The number of hydrogen-bond acceptors (Lipinski definition) is 6. The van der Waals surface area contributed by atoms with Crippen LogP contribution in [0.3, 0.4) is 0 Å². The molecule has 57 heavy (non-hydrogen) atoms. The molecule has 0 bridgehead atoms. The standard InChI is InChI=1S/C48H27N9/c49-28-40-52-43-46(55(40)37-22-10-19-34(25-37)31-13-4-1-5-14-31)44-48(56(41(29-50)53-44)38-23-11-20-35(26-38)32-15-6-2-7-16-32)45-47(43)57(42(30-51)54-45)39-24-12-21-36(27-39)33-17-8-3-9-18-33/h1-27H. The van der Waals surface area contributed by atoms with E-state index in [2.05, 4.69) is 18.2 Å². The number of fused-ring (bicyclic) bond motifs is 6. The summed E-state index contributed by atoms with van der Waals surface area (Å²) in [5, 5.41) is 32.2. The number of benzene rings is 7. The zero-order valence-corrected chi connectivity index (χ0v) is 30.1. The highest BCUT2D eigenvalue weighted by Gasteiger charge is 2.29. The molecule has 10 aromatic rings. The molecule has 10 rings (SSSR count). The Labute approximate surface area is 326 Å². The molecule has 9 nitrogen and oxygen atoms in total. The van der Waals surface area contributed by atoms with E-state index in [-0.39, 0.29) is 17.5 Å². The van der Waals surface area contributed by atoms with E-state index in [0.717, 1.165) is 33.4 Å². The van der Waals surface area contributed by atoms with Crippen LogP contribution in [0.4, 0.5) is 0 Å². The van der Waals surface area contributed by atoms with E-state index in [1.807, 2.05) is 164 Å². The average Bonchev–Trinajstić information content (AvgIpc) is 3.99. The number of nitriles is 3. The lowest BCUT2D eigenvalue weighted by atomic mass is 10.0. The Morgan fingerprint density at radius 1 is 0.316 bits per heavy atom. The van der Waals surface area contributed by atoms with Crippen LogP contribution in [0.2, 0.25) is 0 Å². The molecule has 0 saturated carbocycles. The van der Waals surface area contributed by atoms with Gasteiger partial charge in [-0.25, -0.2) is 15.0 Å². The molecule has 0 aliphatic heterocycles. The molecule has 0 radical (unpaired) electrons. The van der Waals surface area contributed by atoms with Gasteiger partial charge in [0.1, 0.15) is 51.3 Å². The lowest BCUT2D eigenvalue weighted by Crippen LogP contribution is -2.01. The third-order valence-electron chi connectivity index (χ3n) is 10.2. The topological polar surface area (TPSA) is 125 Å². The summed E-state index contributed by atoms with van der Waals surface area (Å²) in [5.74, 6) is 0.354. The summed E-state index contributed by atoms with van der Waals surface area (Å²) in [6.45, 7) is 0. The Morgan fingerprint density at radius 3 is 0.842 bits per heavy atom. The second kappa shape index (κ2) is 13.4. The average molecular weight is 730 g/mol. The molecular weight excluding hydrogens is 703 g/mol. The van der Waals surface area contributed by atoms with Crippen LogP contribution in [-0.2, 0) is 0 Å². The molecular formula is C48H27N9. The summed E-state index contributed by atoms with van der Waals surface area (Å²) in [4.78, 5) is 15.0. The van der Waals surface area contributed by atoms with E-state index < -0.39 is 0 Å². The van der Waals surface area contributed by atoms with Crippen LogP contribution in [0.15, 0.2) is 164 Å². The maximum atomic E-state index is 10.7. The summed E-state index contributed by atoms with van der Waals surface area (Å²) in [5.41, 5.74) is 10.8. The van der Waals surface area contributed by atoms with Gasteiger partial charge in [0, 0.05) is 17.1 Å². The van der Waals surface area contributed by atoms with Crippen molar-refractivity contribution in [3.05, 3.63) is 181 Å². The largest absolute Gasteiger partial charge is 0.282 e. The van der Waals surface area contributed by atoms with Crippen LogP contribution >= 0.6 is 0 Å². The van der Waals surface area contributed by atoms with Crippen LogP contribution in [-0.4, -0.2) is 28.7 Å². The highest BCUT2D eigenvalue weighted by molar-refractivity contribution is 6.21. The van der Waals surface area contributed by atoms with Gasteiger partial charge in [0.15, 0.2) is 0 Å². The van der Waals surface area contributed by atoms with Crippen molar-refractivity contribution in [2.45, 2.75) is 0 Å². The first kappa shape index (κ1) is 33.0. The number of aromatic nitrogens is 6. The fourth-order valence-corrected chi connectivity index (χ4v) is 7.76. The molecule has 0 atom stereocenters. The lowest BCUT2D eigenvalue weighted by Gasteiger charge is -2.12. The Bertz CT molecular complexity index is 2930. The molecule has 0 aliphatic rings. The third kappa shape index (κ3) is 5.33.